The molecule has 1 rings (SSSR count). The number of nitrogens with two attached hydrogens (primary N) is 2. The van der Waals surface area contributed by atoms with Crippen LogP contribution < -0.4 is 23.5 Å². The van der Waals surface area contributed by atoms with Gasteiger partial charge in [-0.05, 0) is 5.56 Å². The highest BCUT2D eigenvalue weighted by molar-refractivity contribution is 7.95. The van der Waals surface area contributed by atoms with Crippen molar-refractivity contribution in [1.82, 2.24) is 0 Å². The first-order chi connectivity index (χ1) is 7.68. The number of carbonyl (C=O) groups is 1. The average Bonchev–Trinajstić information content (AvgIpc) is 2.27. The topological polar surface area (TPSA) is 87.1 Å². The molecular formula is C10H13ClN2O3S. The third-order valence-electron chi connectivity index (χ3n) is 1.57. The summed E-state index contributed by atoms with van der Waals surface area (Å²) in [4.78, 5) is 11.2. The quantitative estimate of drug-likeness (QED) is 0.252. The molecule has 0 aliphatic rings. The van der Waals surface area contributed by atoms with Gasteiger partial charge in [0.05, 0.1) is 12.0 Å². The van der Waals surface area contributed by atoms with Crippen LogP contribution in [0.2, 0.25) is 0 Å². The Morgan fingerprint density at radius 1 is 1.35 bits per heavy atom. The third-order valence-corrected chi connectivity index (χ3v) is 2.24. The van der Waals surface area contributed by atoms with Crippen molar-refractivity contribution in [3.63, 3.8) is 0 Å². The second-order valence-electron chi connectivity index (χ2n) is 2.89. The fourth-order valence-electron chi connectivity index (χ4n) is 0.925. The molecule has 7 heteroatoms. The lowest BCUT2D eigenvalue weighted by Crippen LogP contribution is -3.00. The van der Waals surface area contributed by atoms with Gasteiger partial charge in [-0.2, -0.15) is 0 Å². The molecule has 0 saturated heterocycles. The molecule has 0 amide bonds. The number of halogens is 1. The van der Waals surface area contributed by atoms with Crippen LogP contribution in [0, 0.1) is 0 Å². The van der Waals surface area contributed by atoms with Crippen LogP contribution in [0.25, 0.3) is 0 Å². The van der Waals surface area contributed by atoms with E-state index in [-0.39, 0.29) is 36.8 Å². The molecule has 1 aromatic carbocycles. The molecule has 0 saturated carbocycles. The molecule has 0 unspecified atom stereocenters. The monoisotopic (exact) mass is 276 g/mol. The van der Waals surface area contributed by atoms with Crippen molar-refractivity contribution in [2.24, 2.45) is 5.73 Å². The Bertz CT molecular complexity index is 362. The summed E-state index contributed by atoms with van der Waals surface area (Å²) in [5, 5.41) is 5.04. The van der Waals surface area contributed by atoms with Crippen molar-refractivity contribution in [3.05, 3.63) is 35.9 Å². The lowest BCUT2D eigenvalue weighted by atomic mass is 10.2. The molecule has 1 aromatic rings. The molecule has 0 aliphatic carbocycles. The number of amidine groups is 1. The fourth-order valence-corrected chi connectivity index (χ4v) is 1.30. The lowest BCUT2D eigenvalue weighted by Gasteiger charge is -2.03. The number of benzene rings is 1. The number of rotatable bonds is 5. The van der Waals surface area contributed by atoms with E-state index in [0.717, 1.165) is 17.6 Å². The SMILES string of the molecule is NC(=[NH2+])OSCC(=O)OCc1ccccc1.[Cl-]. The zero-order valence-electron chi connectivity index (χ0n) is 8.97. The molecule has 0 radical (unpaired) electrons. The maximum absolute atomic E-state index is 11.2. The number of ether oxygens (including phenoxy) is 1. The standard InChI is InChI=1S/C10H12N2O3S.ClH/c11-10(12)15-16-7-9(13)14-6-8-4-2-1-3-5-8;/h1-5H,6-7H2,(H3,11,12);1H. The van der Waals surface area contributed by atoms with E-state index in [9.17, 15) is 4.79 Å². The summed E-state index contributed by atoms with van der Waals surface area (Å²) in [5.74, 6) is -0.333. The molecule has 0 spiro atoms. The van der Waals surface area contributed by atoms with Crippen LogP contribution in [0.15, 0.2) is 30.3 Å². The van der Waals surface area contributed by atoms with Gasteiger partial charge in [-0.15, -0.1) is 0 Å². The first-order valence-corrected chi connectivity index (χ1v) is 5.46. The van der Waals surface area contributed by atoms with E-state index in [4.69, 9.17) is 15.9 Å². The van der Waals surface area contributed by atoms with Crippen LogP contribution in [-0.2, 0) is 20.3 Å². The van der Waals surface area contributed by atoms with Crippen LogP contribution in [0.5, 0.6) is 0 Å². The second kappa shape index (κ2) is 8.72. The predicted octanol–water partition coefficient (Wildman–Crippen LogP) is -3.53. The normalized spacial score (nSPS) is 8.94. The van der Waals surface area contributed by atoms with Crippen LogP contribution in [0.3, 0.4) is 0 Å². The first kappa shape index (κ1) is 15.6. The summed E-state index contributed by atoms with van der Waals surface area (Å²) in [7, 11) is 0. The summed E-state index contributed by atoms with van der Waals surface area (Å²) in [5.41, 5.74) is 5.98. The highest BCUT2D eigenvalue weighted by atomic mass is 35.5. The van der Waals surface area contributed by atoms with E-state index < -0.39 is 0 Å². The van der Waals surface area contributed by atoms with Gasteiger partial charge < -0.3 is 21.3 Å². The molecule has 17 heavy (non-hydrogen) atoms. The Morgan fingerprint density at radius 3 is 2.59 bits per heavy atom. The molecule has 0 aromatic heterocycles. The van der Waals surface area contributed by atoms with Crippen molar-refractivity contribution in [2.45, 2.75) is 6.61 Å². The number of hydrogen-bond acceptors (Lipinski definition) is 4. The number of esters is 1. The fraction of sp³-hybridized carbons (Fsp3) is 0.200. The Kier molecular flexibility index (Phi) is 8.00. The molecule has 5 nitrogen and oxygen atoms in total. The lowest BCUT2D eigenvalue weighted by molar-refractivity contribution is -0.141. The third kappa shape index (κ3) is 7.48. The Hall–Kier alpha value is -1.40. The largest absolute Gasteiger partial charge is 1.00 e. The Labute approximate surface area is 110 Å². The van der Waals surface area contributed by atoms with Gasteiger partial charge >= 0.3 is 12.0 Å². The highest BCUT2D eigenvalue weighted by Gasteiger charge is 2.06. The summed E-state index contributed by atoms with van der Waals surface area (Å²) in [6, 6.07) is 9.23. The Morgan fingerprint density at radius 2 is 2.00 bits per heavy atom. The molecule has 0 bridgehead atoms. The maximum atomic E-state index is 11.2. The molecule has 0 aliphatic heterocycles. The summed E-state index contributed by atoms with van der Waals surface area (Å²) in [6.07, 6.45) is 0. The van der Waals surface area contributed by atoms with Gasteiger partial charge in [0, 0.05) is 0 Å². The van der Waals surface area contributed by atoms with Gasteiger partial charge in [0.15, 0.2) is 0 Å². The summed E-state index contributed by atoms with van der Waals surface area (Å²) >= 11 is 0.843. The van der Waals surface area contributed by atoms with Crippen molar-refractivity contribution in [2.75, 3.05) is 5.75 Å². The van der Waals surface area contributed by atoms with E-state index in [2.05, 4.69) is 4.18 Å². The minimum Gasteiger partial charge on any atom is -1.00 e. The average molecular weight is 277 g/mol. The maximum Gasteiger partial charge on any atom is 0.449 e. The smallest absolute Gasteiger partial charge is 0.449 e. The van der Waals surface area contributed by atoms with Gasteiger partial charge in [0.2, 0.25) is 0 Å². The second-order valence-corrected chi connectivity index (χ2v) is 3.59. The van der Waals surface area contributed by atoms with Gasteiger partial charge in [-0.3, -0.25) is 15.9 Å². The minimum absolute atomic E-state index is 0. The van der Waals surface area contributed by atoms with Crippen LogP contribution in [0.1, 0.15) is 5.56 Å². The highest BCUT2D eigenvalue weighted by Crippen LogP contribution is 2.04. The predicted molar refractivity (Wildman–Crippen MR) is 60.9 cm³/mol. The van der Waals surface area contributed by atoms with E-state index in [1.54, 1.807) is 0 Å². The van der Waals surface area contributed by atoms with Crippen molar-refractivity contribution in [3.8, 4) is 0 Å². The van der Waals surface area contributed by atoms with E-state index in [1.165, 1.54) is 0 Å². The van der Waals surface area contributed by atoms with Crippen molar-refractivity contribution in [1.29, 1.82) is 0 Å². The number of carbonyl (C=O) groups excluding carboxylic acids is 1. The van der Waals surface area contributed by atoms with Crippen molar-refractivity contribution >= 4 is 24.0 Å². The molecular weight excluding hydrogens is 264 g/mol. The summed E-state index contributed by atoms with van der Waals surface area (Å²) < 4.78 is 9.63. The van der Waals surface area contributed by atoms with Gasteiger partial charge in [0.25, 0.3) is 0 Å². The van der Waals surface area contributed by atoms with Gasteiger partial charge in [-0.25, -0.2) is 0 Å². The van der Waals surface area contributed by atoms with Crippen molar-refractivity contribution < 1.29 is 31.5 Å². The molecule has 94 valence electrons. The molecule has 0 heterocycles. The van der Waals surface area contributed by atoms with E-state index >= 15 is 0 Å². The zero-order chi connectivity index (χ0) is 11.8. The molecule has 0 atom stereocenters. The van der Waals surface area contributed by atoms with Crippen LogP contribution in [0.4, 0.5) is 0 Å². The zero-order valence-corrected chi connectivity index (χ0v) is 10.5. The minimum atomic E-state index is -0.380. The first-order valence-electron chi connectivity index (χ1n) is 4.55. The summed E-state index contributed by atoms with van der Waals surface area (Å²) in [6.45, 7) is 0.252. The van der Waals surface area contributed by atoms with Gasteiger partial charge in [-0.1, -0.05) is 30.3 Å². The van der Waals surface area contributed by atoms with Crippen LogP contribution in [-0.4, -0.2) is 17.7 Å². The number of hydrogen-bond donors (Lipinski definition) is 2. The Balaban J connectivity index is 0.00000256. The van der Waals surface area contributed by atoms with Crippen LogP contribution >= 0.6 is 12.0 Å². The van der Waals surface area contributed by atoms with E-state index in [0.29, 0.717) is 0 Å². The molecule has 4 N–H and O–H groups in total. The molecule has 0 fully saturated rings. The van der Waals surface area contributed by atoms with Gasteiger partial charge in [0.1, 0.15) is 12.4 Å². The van der Waals surface area contributed by atoms with E-state index in [1.807, 2.05) is 30.3 Å².